The summed E-state index contributed by atoms with van der Waals surface area (Å²) in [6, 6.07) is 1.02. The zero-order valence-electron chi connectivity index (χ0n) is 11.1. The van der Waals surface area contributed by atoms with Gasteiger partial charge in [0.15, 0.2) is 0 Å². The lowest BCUT2D eigenvalue weighted by molar-refractivity contribution is 0.0759. The van der Waals surface area contributed by atoms with E-state index in [1.807, 2.05) is 0 Å². The molecule has 18 heavy (non-hydrogen) atoms. The van der Waals surface area contributed by atoms with Crippen molar-refractivity contribution in [3.8, 4) is 0 Å². The van der Waals surface area contributed by atoms with Crippen LogP contribution in [0.2, 0.25) is 0 Å². The second-order valence-corrected chi connectivity index (χ2v) is 5.40. The van der Waals surface area contributed by atoms with Crippen LogP contribution in [-0.2, 0) is 11.2 Å². The maximum Gasteiger partial charge on any atom is 0.134 e. The molecule has 100 valence electrons. The van der Waals surface area contributed by atoms with Gasteiger partial charge in [0.25, 0.3) is 0 Å². The van der Waals surface area contributed by atoms with Crippen molar-refractivity contribution in [2.75, 3.05) is 19.8 Å². The van der Waals surface area contributed by atoms with E-state index in [9.17, 15) is 0 Å². The van der Waals surface area contributed by atoms with Gasteiger partial charge in [-0.2, -0.15) is 0 Å². The van der Waals surface area contributed by atoms with E-state index in [0.717, 1.165) is 37.8 Å². The molecule has 1 saturated carbocycles. The van der Waals surface area contributed by atoms with Crippen LogP contribution in [0.3, 0.4) is 0 Å². The molecule has 1 aliphatic carbocycles. The Hall–Kier alpha value is -0.940. The summed E-state index contributed by atoms with van der Waals surface area (Å²) in [6.45, 7) is 4.63. The highest BCUT2D eigenvalue weighted by atomic mass is 16.5. The van der Waals surface area contributed by atoms with Crippen molar-refractivity contribution < 1.29 is 4.74 Å². The van der Waals surface area contributed by atoms with Crippen LogP contribution < -0.4 is 5.32 Å². The molecular formula is C13H22N4O. The summed E-state index contributed by atoms with van der Waals surface area (Å²) in [5.41, 5.74) is 0. The highest BCUT2D eigenvalue weighted by Gasteiger charge is 2.24. The molecule has 1 N–H and O–H groups in total. The van der Waals surface area contributed by atoms with E-state index in [-0.39, 0.29) is 0 Å². The van der Waals surface area contributed by atoms with Crippen molar-refractivity contribution >= 4 is 0 Å². The maximum absolute atomic E-state index is 5.51. The van der Waals surface area contributed by atoms with Crippen molar-refractivity contribution in [1.82, 2.24) is 20.1 Å². The summed E-state index contributed by atoms with van der Waals surface area (Å²) in [6.07, 6.45) is 6.16. The highest BCUT2D eigenvalue weighted by molar-refractivity contribution is 5.01. The number of rotatable bonds is 3. The molecule has 0 aromatic carbocycles. The molecule has 1 aromatic rings. The molecule has 2 heterocycles. The van der Waals surface area contributed by atoms with E-state index in [1.165, 1.54) is 25.7 Å². The van der Waals surface area contributed by atoms with E-state index in [2.05, 4.69) is 27.0 Å². The first-order chi connectivity index (χ1) is 8.84. The van der Waals surface area contributed by atoms with E-state index < -0.39 is 0 Å². The minimum atomic E-state index is 0.391. The average Bonchev–Trinajstić information content (AvgIpc) is 3.01. The van der Waals surface area contributed by atoms with Crippen LogP contribution in [-0.4, -0.2) is 40.6 Å². The van der Waals surface area contributed by atoms with Gasteiger partial charge in [0.05, 0.1) is 13.2 Å². The molecule has 5 nitrogen and oxygen atoms in total. The molecule has 2 fully saturated rings. The van der Waals surface area contributed by atoms with Crippen LogP contribution in [0.4, 0.5) is 0 Å². The van der Waals surface area contributed by atoms with Gasteiger partial charge in [0.2, 0.25) is 0 Å². The number of morpholine rings is 1. The predicted molar refractivity (Wildman–Crippen MR) is 68.6 cm³/mol. The Balaban J connectivity index is 1.74. The molecule has 0 radical (unpaired) electrons. The zero-order chi connectivity index (χ0) is 12.4. The third kappa shape index (κ3) is 2.42. The van der Waals surface area contributed by atoms with E-state index in [4.69, 9.17) is 4.74 Å². The highest BCUT2D eigenvalue weighted by Crippen LogP contribution is 2.31. The van der Waals surface area contributed by atoms with Gasteiger partial charge < -0.3 is 14.6 Å². The minimum absolute atomic E-state index is 0.391. The van der Waals surface area contributed by atoms with E-state index in [1.54, 1.807) is 0 Å². The van der Waals surface area contributed by atoms with Crippen molar-refractivity contribution in [2.45, 2.75) is 51.1 Å². The predicted octanol–water partition coefficient (Wildman–Crippen LogP) is 1.23. The number of nitrogens with one attached hydrogen (secondary N) is 1. The monoisotopic (exact) mass is 250 g/mol. The quantitative estimate of drug-likeness (QED) is 0.876. The molecule has 1 atom stereocenters. The third-order valence-corrected chi connectivity index (χ3v) is 4.05. The first kappa shape index (κ1) is 12.1. The molecule has 0 bridgehead atoms. The summed E-state index contributed by atoms with van der Waals surface area (Å²) < 4.78 is 7.87. The fourth-order valence-corrected chi connectivity index (χ4v) is 3.16. The number of nitrogens with zero attached hydrogens (tertiary/aromatic N) is 3. The first-order valence-corrected chi connectivity index (χ1v) is 7.06. The van der Waals surface area contributed by atoms with Gasteiger partial charge in [0.1, 0.15) is 11.6 Å². The Morgan fingerprint density at radius 1 is 1.33 bits per heavy atom. The first-order valence-electron chi connectivity index (χ1n) is 7.06. The molecule has 3 rings (SSSR count). The van der Waals surface area contributed by atoms with Gasteiger partial charge in [-0.1, -0.05) is 12.8 Å². The Bertz CT molecular complexity index is 392. The average molecular weight is 250 g/mol. The summed E-state index contributed by atoms with van der Waals surface area (Å²) in [5.74, 6) is 2.19. The lowest BCUT2D eigenvalue weighted by Gasteiger charge is -2.24. The standard InChI is InChI=1S/C13H22N4O/c1-10-15-16-13(8-11-9-18-7-6-14-11)17(10)12-4-2-3-5-12/h11-12,14H,2-9H2,1H3. The SMILES string of the molecule is Cc1nnc(CC2COCCN2)n1C1CCCC1. The summed E-state index contributed by atoms with van der Waals surface area (Å²) in [4.78, 5) is 0. The molecule has 0 spiro atoms. The van der Waals surface area contributed by atoms with Crippen LogP contribution in [0.15, 0.2) is 0 Å². The Morgan fingerprint density at radius 3 is 2.89 bits per heavy atom. The summed E-state index contributed by atoms with van der Waals surface area (Å²) in [7, 11) is 0. The molecule has 1 unspecified atom stereocenters. The van der Waals surface area contributed by atoms with Gasteiger partial charge in [0, 0.05) is 25.0 Å². The van der Waals surface area contributed by atoms with Gasteiger partial charge >= 0.3 is 0 Å². The Kier molecular flexibility index (Phi) is 3.61. The van der Waals surface area contributed by atoms with Gasteiger partial charge in [-0.15, -0.1) is 10.2 Å². The maximum atomic E-state index is 5.51. The lowest BCUT2D eigenvalue weighted by Crippen LogP contribution is -2.43. The number of ether oxygens (including phenoxy) is 1. The minimum Gasteiger partial charge on any atom is -0.379 e. The number of hydrogen-bond acceptors (Lipinski definition) is 4. The normalized spacial score (nSPS) is 25.7. The van der Waals surface area contributed by atoms with Crippen LogP contribution in [0.1, 0.15) is 43.4 Å². The van der Waals surface area contributed by atoms with Crippen LogP contribution in [0.5, 0.6) is 0 Å². The van der Waals surface area contributed by atoms with Crippen molar-refractivity contribution in [1.29, 1.82) is 0 Å². The zero-order valence-corrected chi connectivity index (χ0v) is 11.1. The summed E-state index contributed by atoms with van der Waals surface area (Å²) >= 11 is 0. The molecular weight excluding hydrogens is 228 g/mol. The number of aromatic nitrogens is 3. The second kappa shape index (κ2) is 5.36. The van der Waals surface area contributed by atoms with Gasteiger partial charge in [-0.25, -0.2) is 0 Å². The van der Waals surface area contributed by atoms with Crippen molar-refractivity contribution in [2.24, 2.45) is 0 Å². The molecule has 1 aromatic heterocycles. The lowest BCUT2D eigenvalue weighted by atomic mass is 10.1. The molecule has 1 saturated heterocycles. The summed E-state index contributed by atoms with van der Waals surface area (Å²) in [5, 5.41) is 12.1. The van der Waals surface area contributed by atoms with Crippen molar-refractivity contribution in [3.05, 3.63) is 11.6 Å². The van der Waals surface area contributed by atoms with E-state index in [0.29, 0.717) is 12.1 Å². The Labute approximate surface area is 108 Å². The number of hydrogen-bond donors (Lipinski definition) is 1. The topological polar surface area (TPSA) is 52.0 Å². The van der Waals surface area contributed by atoms with Crippen LogP contribution in [0.25, 0.3) is 0 Å². The Morgan fingerprint density at radius 2 is 2.17 bits per heavy atom. The molecule has 2 aliphatic rings. The largest absolute Gasteiger partial charge is 0.379 e. The smallest absolute Gasteiger partial charge is 0.134 e. The van der Waals surface area contributed by atoms with Crippen molar-refractivity contribution in [3.63, 3.8) is 0 Å². The fraction of sp³-hybridized carbons (Fsp3) is 0.846. The van der Waals surface area contributed by atoms with Gasteiger partial charge in [-0.3, -0.25) is 0 Å². The van der Waals surface area contributed by atoms with Crippen LogP contribution >= 0.6 is 0 Å². The van der Waals surface area contributed by atoms with Crippen LogP contribution in [0, 0.1) is 6.92 Å². The molecule has 0 amide bonds. The second-order valence-electron chi connectivity index (χ2n) is 5.40. The van der Waals surface area contributed by atoms with E-state index >= 15 is 0 Å². The number of aryl methyl sites for hydroxylation is 1. The van der Waals surface area contributed by atoms with Gasteiger partial charge in [-0.05, 0) is 19.8 Å². The molecule has 5 heteroatoms. The molecule has 1 aliphatic heterocycles. The fourth-order valence-electron chi connectivity index (χ4n) is 3.16. The third-order valence-electron chi connectivity index (χ3n) is 4.05.